The van der Waals surface area contributed by atoms with Gasteiger partial charge in [0.1, 0.15) is 36.9 Å². The zero-order valence-corrected chi connectivity index (χ0v) is 28.0. The van der Waals surface area contributed by atoms with Crippen molar-refractivity contribution in [1.82, 2.24) is 8.61 Å². The van der Waals surface area contributed by atoms with E-state index in [-0.39, 0.29) is 26.3 Å². The largest absolute Gasteiger partial charge is 0.492 e. The maximum Gasteiger partial charge on any atom is 0.283 e. The second kappa shape index (κ2) is 16.1. The fourth-order valence-corrected chi connectivity index (χ4v) is 7.64. The highest BCUT2D eigenvalue weighted by molar-refractivity contribution is 7.86. The maximum atomic E-state index is 15.0. The Morgan fingerprint density at radius 2 is 1.02 bits per heavy atom. The summed E-state index contributed by atoms with van der Waals surface area (Å²) < 4.78 is 44.3. The van der Waals surface area contributed by atoms with Gasteiger partial charge in [-0.05, 0) is 72.5 Å². The van der Waals surface area contributed by atoms with Gasteiger partial charge in [-0.25, -0.2) is 0 Å². The number of benzene rings is 4. The Morgan fingerprint density at radius 1 is 0.633 bits per heavy atom. The fraction of sp³-hybridized carbons (Fsp3) is 0.278. The van der Waals surface area contributed by atoms with Crippen LogP contribution in [0.15, 0.2) is 120 Å². The number of hydrogen-bond acceptors (Lipinski definition) is 10. The fourth-order valence-electron chi connectivity index (χ4n) is 5.70. The van der Waals surface area contributed by atoms with E-state index in [4.69, 9.17) is 9.47 Å². The summed E-state index contributed by atoms with van der Waals surface area (Å²) in [7, 11) is -4.52. The van der Waals surface area contributed by atoms with E-state index in [1.165, 1.54) is 0 Å². The third kappa shape index (κ3) is 8.45. The highest BCUT2D eigenvalue weighted by Crippen LogP contribution is 2.32. The van der Waals surface area contributed by atoms with Crippen molar-refractivity contribution in [3.8, 4) is 11.5 Å². The van der Waals surface area contributed by atoms with Crippen LogP contribution >= 0.6 is 0 Å². The van der Waals surface area contributed by atoms with Crippen LogP contribution in [0.5, 0.6) is 11.5 Å². The second-order valence-corrected chi connectivity index (χ2v) is 13.6. The van der Waals surface area contributed by atoms with E-state index in [0.29, 0.717) is 45.2 Å². The van der Waals surface area contributed by atoms with Crippen LogP contribution in [0, 0.1) is 0 Å². The molecule has 0 aromatic heterocycles. The van der Waals surface area contributed by atoms with E-state index in [1.807, 2.05) is 12.1 Å². The van der Waals surface area contributed by atoms with Gasteiger partial charge in [0.25, 0.3) is 10.2 Å². The van der Waals surface area contributed by atoms with Gasteiger partial charge in [0.2, 0.25) is 0 Å². The monoisotopic (exact) mass is 688 g/mol. The van der Waals surface area contributed by atoms with Crippen LogP contribution in [0.4, 0.5) is 0 Å². The summed E-state index contributed by atoms with van der Waals surface area (Å²) in [6, 6.07) is 28.9. The first-order chi connectivity index (χ1) is 23.6. The van der Waals surface area contributed by atoms with E-state index in [0.717, 1.165) is 8.61 Å². The summed E-state index contributed by atoms with van der Waals surface area (Å²) in [5.41, 5.74) is 2.92. The number of rotatable bonds is 12. The van der Waals surface area contributed by atoms with Crippen molar-refractivity contribution in [1.29, 1.82) is 0 Å². The molecular weight excluding hydrogens is 648 g/mol. The van der Waals surface area contributed by atoms with Gasteiger partial charge in [0, 0.05) is 13.1 Å². The summed E-state index contributed by atoms with van der Waals surface area (Å²) in [4.78, 5) is 0. The van der Waals surface area contributed by atoms with Crippen molar-refractivity contribution in [3.05, 3.63) is 131 Å². The predicted octanol–water partition coefficient (Wildman–Crippen LogP) is 4.26. The lowest BCUT2D eigenvalue weighted by atomic mass is 9.98. The van der Waals surface area contributed by atoms with Crippen LogP contribution in [-0.2, 0) is 23.3 Å². The van der Waals surface area contributed by atoms with Crippen LogP contribution in [0.1, 0.15) is 36.1 Å². The van der Waals surface area contributed by atoms with E-state index in [2.05, 4.69) is 10.3 Å². The lowest BCUT2D eigenvalue weighted by Gasteiger charge is -2.34. The van der Waals surface area contributed by atoms with E-state index in [9.17, 15) is 20.6 Å². The first-order valence-electron chi connectivity index (χ1n) is 15.7. The van der Waals surface area contributed by atoms with Gasteiger partial charge in [-0.2, -0.15) is 17.0 Å². The Morgan fingerprint density at radius 3 is 1.39 bits per heavy atom. The summed E-state index contributed by atoms with van der Waals surface area (Å²) in [6.07, 6.45) is -3.21. The molecule has 0 saturated carbocycles. The van der Waals surface area contributed by atoms with Crippen LogP contribution in [-0.4, -0.2) is 86.6 Å². The molecule has 12 nitrogen and oxygen atoms in total. The highest BCUT2D eigenvalue weighted by atomic mass is 32.2. The highest BCUT2D eigenvalue weighted by Gasteiger charge is 2.51. The minimum Gasteiger partial charge on any atom is -0.492 e. The standard InChI is InChI=1S/C36H40N4O8S/c1-25(37-43)29-13-9-11-27(19-29)21-39-33(23-47-31-15-5-3-6-16-31)35(41)36(42)34(24-48-32-17-7-4-8-18-32)40(49(39,45)46)22-28-12-10-14-30(20-28)26(2)38-44/h3-20,33-36,41-44H,21-24H2,1-2H3/b37-25-,38-26-/t33-,34-,35+,36+/m1/s1. The molecule has 0 radical (unpaired) electrons. The quantitative estimate of drug-likeness (QED) is 0.0974. The van der Waals surface area contributed by atoms with Gasteiger partial charge in [0.15, 0.2) is 0 Å². The maximum absolute atomic E-state index is 15.0. The Kier molecular flexibility index (Phi) is 11.6. The average molecular weight is 689 g/mol. The first-order valence-corrected chi connectivity index (χ1v) is 17.1. The Bertz CT molecular complexity index is 1730. The molecule has 1 saturated heterocycles. The molecule has 49 heavy (non-hydrogen) atoms. The minimum absolute atomic E-state index is 0.208. The minimum atomic E-state index is -4.52. The number of nitrogens with zero attached hydrogens (tertiary/aromatic N) is 4. The van der Waals surface area contributed by atoms with E-state index < -0.39 is 34.5 Å². The molecule has 1 aliphatic heterocycles. The third-order valence-corrected chi connectivity index (χ3v) is 10.5. The summed E-state index contributed by atoms with van der Waals surface area (Å²) in [5, 5.41) is 49.0. The van der Waals surface area contributed by atoms with E-state index in [1.54, 1.807) is 111 Å². The molecule has 0 bridgehead atoms. The number of aliphatic hydroxyl groups excluding tert-OH is 2. The number of ether oxygens (including phenoxy) is 2. The van der Waals surface area contributed by atoms with Crippen LogP contribution in [0.2, 0.25) is 0 Å². The lowest BCUT2D eigenvalue weighted by molar-refractivity contribution is -0.0565. The number of aliphatic hydroxyl groups is 2. The van der Waals surface area contributed by atoms with Gasteiger partial charge >= 0.3 is 0 Å². The van der Waals surface area contributed by atoms with Crippen molar-refractivity contribution in [2.24, 2.45) is 10.3 Å². The summed E-state index contributed by atoms with van der Waals surface area (Å²) in [5.74, 6) is 0.919. The molecular formula is C36H40N4O8S. The van der Waals surface area contributed by atoms with Crippen LogP contribution in [0.25, 0.3) is 0 Å². The average Bonchev–Trinajstić information content (AvgIpc) is 3.18. The summed E-state index contributed by atoms with van der Waals surface area (Å²) in [6.45, 7) is 2.27. The van der Waals surface area contributed by atoms with Crippen molar-refractivity contribution in [3.63, 3.8) is 0 Å². The first kappa shape index (κ1) is 35.5. The molecule has 0 unspecified atom stereocenters. The molecule has 4 N–H and O–H groups in total. The zero-order chi connectivity index (χ0) is 35.0. The molecule has 4 atom stereocenters. The Hall–Kier alpha value is -4.79. The topological polar surface area (TPSA) is 165 Å². The van der Waals surface area contributed by atoms with Crippen molar-refractivity contribution in [2.45, 2.75) is 51.2 Å². The molecule has 0 amide bonds. The zero-order valence-electron chi connectivity index (χ0n) is 27.1. The molecule has 1 heterocycles. The molecule has 258 valence electrons. The molecule has 13 heteroatoms. The Balaban J connectivity index is 1.61. The smallest absolute Gasteiger partial charge is 0.283 e. The van der Waals surface area contributed by atoms with Gasteiger partial charge in [-0.15, -0.1) is 0 Å². The predicted molar refractivity (Wildman–Crippen MR) is 184 cm³/mol. The van der Waals surface area contributed by atoms with Gasteiger partial charge in [0.05, 0.1) is 23.5 Å². The Labute approximate surface area is 285 Å². The number of oxime groups is 2. The molecule has 4 aromatic carbocycles. The molecule has 1 aliphatic rings. The molecule has 5 rings (SSSR count). The van der Waals surface area contributed by atoms with Gasteiger partial charge < -0.3 is 30.1 Å². The number of hydrogen-bond donors (Lipinski definition) is 4. The molecule has 1 fully saturated rings. The summed E-state index contributed by atoms with van der Waals surface area (Å²) >= 11 is 0. The van der Waals surface area contributed by atoms with Crippen molar-refractivity contribution in [2.75, 3.05) is 13.2 Å². The number of para-hydroxylation sites is 2. The molecule has 0 aliphatic carbocycles. The molecule has 4 aromatic rings. The third-order valence-electron chi connectivity index (χ3n) is 8.47. The van der Waals surface area contributed by atoms with Crippen LogP contribution in [0.3, 0.4) is 0 Å². The van der Waals surface area contributed by atoms with E-state index >= 15 is 8.42 Å². The van der Waals surface area contributed by atoms with Crippen molar-refractivity contribution < 1.29 is 38.5 Å². The van der Waals surface area contributed by atoms with Gasteiger partial charge in [-0.1, -0.05) is 83.1 Å². The van der Waals surface area contributed by atoms with Crippen molar-refractivity contribution >= 4 is 21.6 Å². The normalized spacial score (nSPS) is 22.0. The lowest BCUT2D eigenvalue weighted by Crippen LogP contribution is -2.52. The second-order valence-electron chi connectivity index (χ2n) is 11.7. The van der Waals surface area contributed by atoms with Gasteiger partial charge in [-0.3, -0.25) is 0 Å². The van der Waals surface area contributed by atoms with Crippen LogP contribution < -0.4 is 9.47 Å². The molecule has 0 spiro atoms. The SMILES string of the molecule is C/C(=N/O)c1cccc(CN2[C@H](COc3ccccc3)[C@H](O)[C@@H](O)[C@@H](COc3ccccc3)N(Cc3cccc(/C(C)=N\O)c3)S2(=O)=O)c1.